The second kappa shape index (κ2) is 7.28. The summed E-state index contributed by atoms with van der Waals surface area (Å²) >= 11 is 0. The van der Waals surface area contributed by atoms with Crippen LogP contribution in [-0.2, 0) is 6.54 Å². The van der Waals surface area contributed by atoms with Crippen LogP contribution in [0.5, 0.6) is 0 Å². The van der Waals surface area contributed by atoms with E-state index in [2.05, 4.69) is 49.4 Å². The molecule has 0 unspecified atom stereocenters. The van der Waals surface area contributed by atoms with Gasteiger partial charge in [0.05, 0.1) is 11.9 Å². The summed E-state index contributed by atoms with van der Waals surface area (Å²) < 4.78 is 0. The van der Waals surface area contributed by atoms with Gasteiger partial charge in [-0.15, -0.1) is 0 Å². The predicted molar refractivity (Wildman–Crippen MR) is 74.1 cm³/mol. The van der Waals surface area contributed by atoms with Crippen molar-refractivity contribution in [1.29, 1.82) is 0 Å². The molecule has 0 saturated heterocycles. The van der Waals surface area contributed by atoms with Crippen LogP contribution >= 0.6 is 0 Å². The van der Waals surface area contributed by atoms with Crippen molar-refractivity contribution in [3.63, 3.8) is 0 Å². The second-order valence-corrected chi connectivity index (χ2v) is 5.33. The molecule has 1 rings (SSSR count). The van der Waals surface area contributed by atoms with E-state index in [4.69, 9.17) is 0 Å². The average molecular weight is 235 g/mol. The zero-order valence-electron chi connectivity index (χ0n) is 11.5. The molecule has 0 aliphatic carbocycles. The minimum atomic E-state index is 0.645. The first-order valence-electron chi connectivity index (χ1n) is 6.47. The van der Waals surface area contributed by atoms with E-state index >= 15 is 0 Å². The van der Waals surface area contributed by atoms with Crippen LogP contribution in [-0.4, -0.2) is 18.1 Å². The Kier molecular flexibility index (Phi) is 5.98. The lowest BCUT2D eigenvalue weighted by Crippen LogP contribution is -2.20. The SMILES string of the molecule is CC(C)CNCc1ccncc1NCC(C)C. The highest BCUT2D eigenvalue weighted by atomic mass is 14.9. The van der Waals surface area contributed by atoms with E-state index in [1.807, 2.05) is 12.4 Å². The molecule has 0 aliphatic rings. The minimum Gasteiger partial charge on any atom is -0.383 e. The monoisotopic (exact) mass is 235 g/mol. The highest BCUT2D eigenvalue weighted by Crippen LogP contribution is 2.13. The minimum absolute atomic E-state index is 0.645. The van der Waals surface area contributed by atoms with E-state index in [0.717, 1.165) is 25.3 Å². The standard InChI is InChI=1S/C14H25N3/c1-11(2)7-16-9-13-5-6-15-10-14(13)17-8-12(3)4/h5-6,10-12,16-17H,7-9H2,1-4H3. The Labute approximate surface area is 105 Å². The third-order valence-electron chi connectivity index (χ3n) is 2.48. The molecule has 1 aromatic heterocycles. The van der Waals surface area contributed by atoms with Gasteiger partial charge >= 0.3 is 0 Å². The fourth-order valence-electron chi connectivity index (χ4n) is 1.55. The van der Waals surface area contributed by atoms with Crippen molar-refractivity contribution in [2.45, 2.75) is 34.2 Å². The van der Waals surface area contributed by atoms with Crippen molar-refractivity contribution in [3.05, 3.63) is 24.0 Å². The zero-order valence-corrected chi connectivity index (χ0v) is 11.5. The van der Waals surface area contributed by atoms with E-state index in [1.54, 1.807) is 0 Å². The van der Waals surface area contributed by atoms with E-state index in [0.29, 0.717) is 11.8 Å². The van der Waals surface area contributed by atoms with E-state index in [9.17, 15) is 0 Å². The summed E-state index contributed by atoms with van der Waals surface area (Å²) in [5.41, 5.74) is 2.44. The van der Waals surface area contributed by atoms with Gasteiger partial charge in [-0.25, -0.2) is 0 Å². The van der Waals surface area contributed by atoms with Crippen molar-refractivity contribution in [2.75, 3.05) is 18.4 Å². The van der Waals surface area contributed by atoms with E-state index in [1.165, 1.54) is 5.56 Å². The summed E-state index contributed by atoms with van der Waals surface area (Å²) in [6.45, 7) is 11.8. The lowest BCUT2D eigenvalue weighted by atomic mass is 10.1. The van der Waals surface area contributed by atoms with Crippen molar-refractivity contribution in [3.8, 4) is 0 Å². The average Bonchev–Trinajstić information content (AvgIpc) is 2.27. The third-order valence-corrected chi connectivity index (χ3v) is 2.48. The van der Waals surface area contributed by atoms with Gasteiger partial charge in [-0.2, -0.15) is 0 Å². The highest BCUT2D eigenvalue weighted by Gasteiger charge is 2.03. The smallest absolute Gasteiger partial charge is 0.0572 e. The Balaban J connectivity index is 2.51. The van der Waals surface area contributed by atoms with Crippen molar-refractivity contribution < 1.29 is 0 Å². The molecule has 0 amide bonds. The van der Waals surface area contributed by atoms with Gasteiger partial charge < -0.3 is 10.6 Å². The summed E-state index contributed by atoms with van der Waals surface area (Å²) in [7, 11) is 0. The van der Waals surface area contributed by atoms with Crippen LogP contribution in [0.25, 0.3) is 0 Å². The van der Waals surface area contributed by atoms with Gasteiger partial charge in [-0.05, 0) is 30.0 Å². The molecule has 0 aromatic carbocycles. The van der Waals surface area contributed by atoms with Gasteiger partial charge in [0.25, 0.3) is 0 Å². The summed E-state index contributed by atoms with van der Waals surface area (Å²) in [5.74, 6) is 1.33. The first-order chi connectivity index (χ1) is 8.09. The molecule has 0 bridgehead atoms. The van der Waals surface area contributed by atoms with E-state index in [-0.39, 0.29) is 0 Å². The molecular weight excluding hydrogens is 210 g/mol. The van der Waals surface area contributed by atoms with Crippen LogP contribution in [0.4, 0.5) is 5.69 Å². The number of hydrogen-bond donors (Lipinski definition) is 2. The molecule has 0 atom stereocenters. The molecule has 0 saturated carbocycles. The molecule has 1 heterocycles. The van der Waals surface area contributed by atoms with Gasteiger partial charge in [0.1, 0.15) is 0 Å². The van der Waals surface area contributed by atoms with Gasteiger partial charge in [0.15, 0.2) is 0 Å². The number of hydrogen-bond acceptors (Lipinski definition) is 3. The molecular formula is C14H25N3. The number of rotatable bonds is 7. The lowest BCUT2D eigenvalue weighted by Gasteiger charge is -2.14. The summed E-state index contributed by atoms with van der Waals surface area (Å²) in [5, 5.41) is 6.91. The van der Waals surface area contributed by atoms with Crippen LogP contribution in [0, 0.1) is 11.8 Å². The summed E-state index contributed by atoms with van der Waals surface area (Å²) in [6.07, 6.45) is 3.77. The quantitative estimate of drug-likeness (QED) is 0.763. The molecule has 0 aliphatic heterocycles. The fraction of sp³-hybridized carbons (Fsp3) is 0.643. The maximum absolute atomic E-state index is 4.18. The number of nitrogens with zero attached hydrogens (tertiary/aromatic N) is 1. The normalized spacial score (nSPS) is 11.2. The molecule has 17 heavy (non-hydrogen) atoms. The van der Waals surface area contributed by atoms with Crippen LogP contribution in [0.2, 0.25) is 0 Å². The molecule has 2 N–H and O–H groups in total. The van der Waals surface area contributed by atoms with Gasteiger partial charge in [-0.1, -0.05) is 27.7 Å². The summed E-state index contributed by atoms with van der Waals surface area (Å²) in [6, 6.07) is 2.08. The zero-order chi connectivity index (χ0) is 12.7. The molecule has 96 valence electrons. The third kappa shape index (κ3) is 5.68. The van der Waals surface area contributed by atoms with Crippen LogP contribution in [0.15, 0.2) is 18.5 Å². The van der Waals surface area contributed by atoms with Crippen LogP contribution in [0.3, 0.4) is 0 Å². The topological polar surface area (TPSA) is 37.0 Å². The first kappa shape index (κ1) is 14.0. The van der Waals surface area contributed by atoms with Crippen LogP contribution in [0.1, 0.15) is 33.3 Å². The Morgan fingerprint density at radius 1 is 1.12 bits per heavy atom. The largest absolute Gasteiger partial charge is 0.383 e. The number of anilines is 1. The Morgan fingerprint density at radius 3 is 2.47 bits per heavy atom. The van der Waals surface area contributed by atoms with Crippen molar-refractivity contribution in [1.82, 2.24) is 10.3 Å². The molecule has 3 heteroatoms. The van der Waals surface area contributed by atoms with Crippen molar-refractivity contribution in [2.24, 2.45) is 11.8 Å². The van der Waals surface area contributed by atoms with Crippen molar-refractivity contribution >= 4 is 5.69 Å². The Bertz CT molecular complexity index is 321. The summed E-state index contributed by atoms with van der Waals surface area (Å²) in [4.78, 5) is 4.18. The Morgan fingerprint density at radius 2 is 1.82 bits per heavy atom. The van der Waals surface area contributed by atoms with E-state index < -0.39 is 0 Å². The maximum Gasteiger partial charge on any atom is 0.0572 e. The van der Waals surface area contributed by atoms with Gasteiger partial charge in [0, 0.05) is 19.3 Å². The molecule has 0 spiro atoms. The Hall–Kier alpha value is -1.09. The van der Waals surface area contributed by atoms with Gasteiger partial charge in [-0.3, -0.25) is 4.98 Å². The van der Waals surface area contributed by atoms with Crippen LogP contribution < -0.4 is 10.6 Å². The maximum atomic E-state index is 4.18. The first-order valence-corrected chi connectivity index (χ1v) is 6.47. The highest BCUT2D eigenvalue weighted by molar-refractivity contribution is 5.48. The lowest BCUT2D eigenvalue weighted by molar-refractivity contribution is 0.552. The molecule has 0 fully saturated rings. The number of pyridine rings is 1. The molecule has 3 nitrogen and oxygen atoms in total. The number of nitrogens with one attached hydrogen (secondary N) is 2. The fourth-order valence-corrected chi connectivity index (χ4v) is 1.55. The number of aromatic nitrogens is 1. The second-order valence-electron chi connectivity index (χ2n) is 5.33. The van der Waals surface area contributed by atoms with Gasteiger partial charge in [0.2, 0.25) is 0 Å². The molecule has 0 radical (unpaired) electrons. The molecule has 1 aromatic rings. The predicted octanol–water partition coefficient (Wildman–Crippen LogP) is 2.90.